The van der Waals surface area contributed by atoms with Crippen molar-refractivity contribution in [3.8, 4) is 5.75 Å². The van der Waals surface area contributed by atoms with Crippen LogP contribution in [-0.4, -0.2) is 66.7 Å². The van der Waals surface area contributed by atoms with Gasteiger partial charge in [0.25, 0.3) is 11.7 Å². The first-order valence-electron chi connectivity index (χ1n) is 11.2. The Morgan fingerprint density at radius 1 is 1.18 bits per heavy atom. The van der Waals surface area contributed by atoms with Gasteiger partial charge in [0.05, 0.1) is 30.5 Å². The van der Waals surface area contributed by atoms with E-state index < -0.39 is 17.7 Å². The molecule has 3 heterocycles. The average molecular weight is 462 g/mol. The second-order valence-corrected chi connectivity index (χ2v) is 8.65. The van der Waals surface area contributed by atoms with E-state index >= 15 is 0 Å². The number of likely N-dealkylation sites (N-methyl/N-ethyl adjacent to an activating group) is 1. The number of ether oxygens (including phenoxy) is 2. The molecule has 0 spiro atoms. The molecule has 1 unspecified atom stereocenters. The van der Waals surface area contributed by atoms with Crippen LogP contribution in [0.25, 0.3) is 16.7 Å². The fourth-order valence-electron chi connectivity index (χ4n) is 4.87. The smallest absolute Gasteiger partial charge is 0.295 e. The molecule has 0 saturated carbocycles. The minimum atomic E-state index is -0.730. The molecule has 0 bridgehead atoms. The molecular weight excluding hydrogens is 434 g/mol. The first-order chi connectivity index (χ1) is 16.4. The Morgan fingerprint density at radius 3 is 2.76 bits per heavy atom. The number of aryl methyl sites for hydroxylation is 1. The quantitative estimate of drug-likeness (QED) is 0.357. The highest BCUT2D eigenvalue weighted by Crippen LogP contribution is 2.43. The molecule has 1 fully saturated rings. The van der Waals surface area contributed by atoms with Crippen LogP contribution in [0.2, 0.25) is 0 Å². The number of fused-ring (bicyclic) bond motifs is 2. The predicted octanol–water partition coefficient (Wildman–Crippen LogP) is 3.08. The summed E-state index contributed by atoms with van der Waals surface area (Å²) in [6.07, 6.45) is 1.92. The van der Waals surface area contributed by atoms with Crippen LogP contribution in [0.15, 0.2) is 54.2 Å². The summed E-state index contributed by atoms with van der Waals surface area (Å²) < 4.78 is 12.9. The molecule has 0 aliphatic carbocycles. The Balaban J connectivity index is 1.70. The number of aromatic nitrogens is 1. The lowest BCUT2D eigenvalue weighted by Crippen LogP contribution is -2.32. The van der Waals surface area contributed by atoms with E-state index in [9.17, 15) is 14.7 Å². The highest BCUT2D eigenvalue weighted by Gasteiger charge is 2.46. The van der Waals surface area contributed by atoms with E-state index in [1.807, 2.05) is 54.0 Å². The molecule has 3 aromatic rings. The number of ketones is 1. The molecule has 2 aromatic carbocycles. The minimum Gasteiger partial charge on any atom is -0.507 e. The zero-order chi connectivity index (χ0) is 24.0. The second-order valence-electron chi connectivity index (χ2n) is 8.65. The van der Waals surface area contributed by atoms with E-state index in [1.54, 1.807) is 25.3 Å². The van der Waals surface area contributed by atoms with Gasteiger partial charge in [-0.2, -0.15) is 0 Å². The normalized spacial score (nSPS) is 19.6. The zero-order valence-electron chi connectivity index (χ0n) is 19.4. The Kier molecular flexibility index (Phi) is 5.53. The van der Waals surface area contributed by atoms with Crippen LogP contribution in [0.3, 0.4) is 0 Å². The van der Waals surface area contributed by atoms with Gasteiger partial charge in [0.15, 0.2) is 0 Å². The molecule has 34 heavy (non-hydrogen) atoms. The van der Waals surface area contributed by atoms with E-state index in [4.69, 9.17) is 9.47 Å². The molecule has 1 saturated heterocycles. The number of hydrogen-bond donors (Lipinski definition) is 1. The highest BCUT2D eigenvalue weighted by molar-refractivity contribution is 6.46. The molecule has 0 radical (unpaired) electrons. The summed E-state index contributed by atoms with van der Waals surface area (Å²) in [5.41, 5.74) is 3.13. The van der Waals surface area contributed by atoms with Gasteiger partial charge in [-0.25, -0.2) is 0 Å². The Morgan fingerprint density at radius 2 is 1.97 bits per heavy atom. The molecule has 2 aliphatic heterocycles. The van der Waals surface area contributed by atoms with E-state index in [2.05, 4.69) is 0 Å². The van der Waals surface area contributed by atoms with Crippen LogP contribution in [0.5, 0.6) is 5.75 Å². The number of para-hydroxylation sites is 1. The molecular formula is C26H27N3O5. The van der Waals surface area contributed by atoms with Gasteiger partial charge in [-0.15, -0.1) is 0 Å². The van der Waals surface area contributed by atoms with E-state index in [0.717, 1.165) is 27.9 Å². The number of anilines is 1. The van der Waals surface area contributed by atoms with Gasteiger partial charge in [-0.3, -0.25) is 9.59 Å². The van der Waals surface area contributed by atoms with Gasteiger partial charge in [0.2, 0.25) is 0 Å². The van der Waals surface area contributed by atoms with Gasteiger partial charge >= 0.3 is 0 Å². The van der Waals surface area contributed by atoms with Crippen LogP contribution >= 0.6 is 0 Å². The SMILES string of the molecule is COCCN1C(=O)C(=O)/C(=C(/O)c2ccc3c(c2)N(C)CCO3)C1c1cn(C)c2ccccc12. The summed E-state index contributed by atoms with van der Waals surface area (Å²) in [5, 5.41) is 12.4. The van der Waals surface area contributed by atoms with Crippen LogP contribution in [-0.2, 0) is 21.4 Å². The minimum absolute atomic E-state index is 0.0804. The number of aliphatic hydroxyl groups is 1. The third kappa shape index (κ3) is 3.42. The molecule has 5 rings (SSSR count). The predicted molar refractivity (Wildman–Crippen MR) is 129 cm³/mol. The third-order valence-electron chi connectivity index (χ3n) is 6.63. The second kappa shape index (κ2) is 8.53. The van der Waals surface area contributed by atoms with Crippen molar-refractivity contribution in [1.82, 2.24) is 9.47 Å². The van der Waals surface area contributed by atoms with Gasteiger partial charge in [0, 0.05) is 56.0 Å². The molecule has 1 N–H and O–H groups in total. The van der Waals surface area contributed by atoms with Crippen molar-refractivity contribution in [1.29, 1.82) is 0 Å². The van der Waals surface area contributed by atoms with Crippen molar-refractivity contribution in [2.45, 2.75) is 6.04 Å². The van der Waals surface area contributed by atoms with Gasteiger partial charge in [-0.1, -0.05) is 18.2 Å². The van der Waals surface area contributed by atoms with Crippen LogP contribution < -0.4 is 9.64 Å². The van der Waals surface area contributed by atoms with E-state index in [1.165, 1.54) is 4.90 Å². The lowest BCUT2D eigenvalue weighted by molar-refractivity contribution is -0.140. The van der Waals surface area contributed by atoms with Gasteiger partial charge in [-0.05, 0) is 24.3 Å². The first-order valence-corrected chi connectivity index (χ1v) is 11.2. The number of methoxy groups -OCH3 is 1. The number of aliphatic hydroxyl groups excluding tert-OH is 1. The number of rotatable bonds is 5. The third-order valence-corrected chi connectivity index (χ3v) is 6.63. The summed E-state index contributed by atoms with van der Waals surface area (Å²) in [6, 6.07) is 12.4. The maximum absolute atomic E-state index is 13.3. The van der Waals surface area contributed by atoms with Crippen molar-refractivity contribution < 1.29 is 24.2 Å². The summed E-state index contributed by atoms with van der Waals surface area (Å²) in [7, 11) is 5.42. The summed E-state index contributed by atoms with van der Waals surface area (Å²) in [5.74, 6) is -0.821. The fraction of sp³-hybridized carbons (Fsp3) is 0.308. The van der Waals surface area contributed by atoms with Gasteiger partial charge in [0.1, 0.15) is 18.1 Å². The molecule has 8 nitrogen and oxygen atoms in total. The van der Waals surface area contributed by atoms with Crippen molar-refractivity contribution >= 4 is 34.0 Å². The number of amides is 1. The number of Topliss-reactive ketones (excluding diaryl/α,β-unsaturated/α-hetero) is 1. The van der Waals surface area contributed by atoms with Crippen molar-refractivity contribution in [2.24, 2.45) is 7.05 Å². The number of likely N-dealkylation sites (tertiary alicyclic amines) is 1. The van der Waals surface area contributed by atoms with E-state index in [-0.39, 0.29) is 24.5 Å². The lowest BCUT2D eigenvalue weighted by Gasteiger charge is -2.28. The lowest BCUT2D eigenvalue weighted by atomic mass is 9.94. The Labute approximate surface area is 197 Å². The standard InChI is InChI=1S/C26H27N3O5/c1-27-10-13-34-21-9-8-16(14-20(21)27)24(30)22-23(29(11-12-33-3)26(32)25(22)31)18-15-28(2)19-7-5-4-6-17(18)19/h4-9,14-15,23,30H,10-13H2,1-3H3/b24-22+. The largest absolute Gasteiger partial charge is 0.507 e. The Bertz CT molecular complexity index is 1330. The zero-order valence-corrected chi connectivity index (χ0v) is 19.4. The fourth-order valence-corrected chi connectivity index (χ4v) is 4.87. The van der Waals surface area contributed by atoms with Crippen LogP contribution in [0.1, 0.15) is 17.2 Å². The monoisotopic (exact) mass is 461 g/mol. The van der Waals surface area contributed by atoms with E-state index in [0.29, 0.717) is 18.7 Å². The maximum atomic E-state index is 13.3. The number of hydrogen-bond acceptors (Lipinski definition) is 6. The van der Waals surface area contributed by atoms with Crippen LogP contribution in [0, 0.1) is 0 Å². The van der Waals surface area contributed by atoms with Crippen molar-refractivity contribution in [2.75, 3.05) is 45.4 Å². The molecule has 176 valence electrons. The topological polar surface area (TPSA) is 84.2 Å². The number of carbonyl (C=O) groups excluding carboxylic acids is 2. The summed E-state index contributed by atoms with van der Waals surface area (Å²) >= 11 is 0. The van der Waals surface area contributed by atoms with Crippen LogP contribution in [0.4, 0.5) is 5.69 Å². The number of benzene rings is 2. The average Bonchev–Trinajstić information content (AvgIpc) is 3.31. The number of carbonyl (C=O) groups is 2. The summed E-state index contributed by atoms with van der Waals surface area (Å²) in [6.45, 7) is 1.80. The molecule has 1 amide bonds. The highest BCUT2D eigenvalue weighted by atomic mass is 16.5. The van der Waals surface area contributed by atoms with Gasteiger partial charge < -0.3 is 28.9 Å². The van der Waals surface area contributed by atoms with Crippen molar-refractivity contribution in [3.05, 3.63) is 65.4 Å². The maximum Gasteiger partial charge on any atom is 0.295 e. The Hall–Kier alpha value is -3.78. The summed E-state index contributed by atoms with van der Waals surface area (Å²) in [4.78, 5) is 29.9. The molecule has 8 heteroatoms. The molecule has 1 aromatic heterocycles. The molecule has 1 atom stereocenters. The molecule has 2 aliphatic rings. The number of nitrogens with zero attached hydrogens (tertiary/aromatic N) is 3. The first kappa shape index (κ1) is 22.0. The van der Waals surface area contributed by atoms with Crippen molar-refractivity contribution in [3.63, 3.8) is 0 Å².